The second kappa shape index (κ2) is 6.38. The highest BCUT2D eigenvalue weighted by Crippen LogP contribution is 2.33. The molecule has 104 valence electrons. The molecule has 4 heteroatoms. The number of aryl methyl sites for hydroxylation is 1. The number of benzene rings is 1. The Balaban J connectivity index is 2.93. The fourth-order valence-corrected chi connectivity index (χ4v) is 1.81. The first-order valence-electron chi connectivity index (χ1n) is 6.02. The van der Waals surface area contributed by atoms with E-state index in [4.69, 9.17) is 4.74 Å². The molecular weight excluding hydrogens is 244 g/mol. The van der Waals surface area contributed by atoms with E-state index in [0.717, 1.165) is 5.56 Å². The number of ether oxygens (including phenoxy) is 2. The second-order valence-electron chi connectivity index (χ2n) is 4.61. The molecule has 0 spiro atoms. The maximum Gasteiger partial charge on any atom is 0.330 e. The van der Waals surface area contributed by atoms with Crippen LogP contribution in [-0.4, -0.2) is 25.3 Å². The summed E-state index contributed by atoms with van der Waals surface area (Å²) in [6.45, 7) is 3.64. The second-order valence-corrected chi connectivity index (χ2v) is 4.61. The van der Waals surface area contributed by atoms with Gasteiger partial charge >= 0.3 is 5.97 Å². The molecular formula is C15H20O4. The molecule has 1 rings (SSSR count). The van der Waals surface area contributed by atoms with Crippen LogP contribution in [0.2, 0.25) is 0 Å². The summed E-state index contributed by atoms with van der Waals surface area (Å²) in [4.78, 5) is 11.0. The van der Waals surface area contributed by atoms with Crippen molar-refractivity contribution in [2.45, 2.75) is 25.9 Å². The summed E-state index contributed by atoms with van der Waals surface area (Å²) in [5, 5.41) is 10.5. The topological polar surface area (TPSA) is 55.8 Å². The highest BCUT2D eigenvalue weighted by Gasteiger charge is 2.25. The number of carbonyl (C=O) groups is 1. The fourth-order valence-electron chi connectivity index (χ4n) is 1.81. The van der Waals surface area contributed by atoms with Crippen molar-refractivity contribution >= 4 is 5.97 Å². The minimum absolute atomic E-state index is 0.293. The van der Waals surface area contributed by atoms with Crippen LogP contribution in [0.5, 0.6) is 5.75 Å². The van der Waals surface area contributed by atoms with Crippen LogP contribution in [0, 0.1) is 6.92 Å². The van der Waals surface area contributed by atoms with Crippen molar-refractivity contribution in [1.29, 1.82) is 0 Å². The van der Waals surface area contributed by atoms with Crippen LogP contribution in [0.4, 0.5) is 0 Å². The van der Waals surface area contributed by atoms with Gasteiger partial charge in [0, 0.05) is 11.6 Å². The summed E-state index contributed by atoms with van der Waals surface area (Å²) in [6, 6.07) is 5.62. The lowest BCUT2D eigenvalue weighted by atomic mass is 9.91. The first-order chi connectivity index (χ1) is 8.90. The smallest absolute Gasteiger partial charge is 0.330 e. The van der Waals surface area contributed by atoms with Gasteiger partial charge in [-0.2, -0.15) is 0 Å². The molecule has 0 heterocycles. The predicted octanol–water partition coefficient (Wildman–Crippen LogP) is 2.33. The molecule has 1 aromatic carbocycles. The molecule has 0 bridgehead atoms. The molecule has 1 aromatic rings. The maximum absolute atomic E-state index is 11.0. The summed E-state index contributed by atoms with van der Waals surface area (Å²) >= 11 is 0. The monoisotopic (exact) mass is 264 g/mol. The molecule has 0 radical (unpaired) electrons. The molecule has 0 aliphatic carbocycles. The van der Waals surface area contributed by atoms with E-state index in [-0.39, 0.29) is 0 Å². The van der Waals surface area contributed by atoms with Crippen LogP contribution >= 0.6 is 0 Å². The first-order valence-corrected chi connectivity index (χ1v) is 6.02. The van der Waals surface area contributed by atoms with Gasteiger partial charge in [-0.05, 0) is 31.9 Å². The Hall–Kier alpha value is -1.81. The van der Waals surface area contributed by atoms with Gasteiger partial charge in [0.25, 0.3) is 0 Å². The first kappa shape index (κ1) is 15.2. The van der Waals surface area contributed by atoms with E-state index < -0.39 is 11.6 Å². The fraction of sp³-hybridized carbons (Fsp3) is 0.400. The van der Waals surface area contributed by atoms with Gasteiger partial charge in [0.2, 0.25) is 0 Å². The van der Waals surface area contributed by atoms with Crippen LogP contribution in [0.25, 0.3) is 0 Å². The Bertz CT molecular complexity index is 475. The zero-order valence-electron chi connectivity index (χ0n) is 11.8. The number of rotatable bonds is 5. The minimum Gasteiger partial charge on any atom is -0.496 e. The standard InChI is InChI=1S/C15H20O4/c1-11-7-8-12(13(10-11)18-3)15(2,17)9-5-6-14(16)19-4/h5-8,10,17H,9H2,1-4H3/b6-5+. The van der Waals surface area contributed by atoms with Crippen LogP contribution in [0.15, 0.2) is 30.4 Å². The van der Waals surface area contributed by atoms with E-state index in [9.17, 15) is 9.90 Å². The number of hydrogen-bond acceptors (Lipinski definition) is 4. The van der Waals surface area contributed by atoms with Gasteiger partial charge in [-0.1, -0.05) is 18.2 Å². The number of carbonyl (C=O) groups excluding carboxylic acids is 1. The molecule has 1 atom stereocenters. The summed E-state index contributed by atoms with van der Waals surface area (Å²) in [5.74, 6) is 0.197. The highest BCUT2D eigenvalue weighted by molar-refractivity contribution is 5.81. The van der Waals surface area contributed by atoms with E-state index >= 15 is 0 Å². The number of methoxy groups -OCH3 is 2. The van der Waals surface area contributed by atoms with Crippen molar-refractivity contribution in [2.24, 2.45) is 0 Å². The van der Waals surface area contributed by atoms with E-state index in [2.05, 4.69) is 4.74 Å². The summed E-state index contributed by atoms with van der Waals surface area (Å²) in [7, 11) is 2.88. The van der Waals surface area contributed by atoms with Gasteiger partial charge in [0.15, 0.2) is 0 Å². The Morgan fingerprint density at radius 2 is 2.11 bits per heavy atom. The molecule has 4 nitrogen and oxygen atoms in total. The molecule has 0 saturated carbocycles. The van der Waals surface area contributed by atoms with Crippen molar-refractivity contribution in [3.05, 3.63) is 41.5 Å². The normalized spacial score (nSPS) is 14.2. The van der Waals surface area contributed by atoms with E-state index in [1.807, 2.05) is 25.1 Å². The lowest BCUT2D eigenvalue weighted by Crippen LogP contribution is -2.21. The highest BCUT2D eigenvalue weighted by atomic mass is 16.5. The zero-order chi connectivity index (χ0) is 14.5. The quantitative estimate of drug-likeness (QED) is 0.655. The van der Waals surface area contributed by atoms with Crippen LogP contribution < -0.4 is 4.74 Å². The third-order valence-corrected chi connectivity index (χ3v) is 2.91. The van der Waals surface area contributed by atoms with E-state index in [0.29, 0.717) is 17.7 Å². The average molecular weight is 264 g/mol. The summed E-state index contributed by atoms with van der Waals surface area (Å²) < 4.78 is 9.78. The third kappa shape index (κ3) is 4.10. The van der Waals surface area contributed by atoms with Gasteiger partial charge in [-0.3, -0.25) is 0 Å². The summed E-state index contributed by atoms with van der Waals surface area (Å²) in [5.41, 5.74) is 0.639. The average Bonchev–Trinajstić information content (AvgIpc) is 2.37. The Labute approximate surface area is 113 Å². The largest absolute Gasteiger partial charge is 0.496 e. The lowest BCUT2D eigenvalue weighted by molar-refractivity contribution is -0.134. The molecule has 1 N–H and O–H groups in total. The van der Waals surface area contributed by atoms with E-state index in [1.165, 1.54) is 13.2 Å². The van der Waals surface area contributed by atoms with E-state index in [1.54, 1.807) is 20.1 Å². The van der Waals surface area contributed by atoms with Gasteiger partial charge < -0.3 is 14.6 Å². The molecule has 0 amide bonds. The van der Waals surface area contributed by atoms with Crippen molar-refractivity contribution in [2.75, 3.05) is 14.2 Å². The van der Waals surface area contributed by atoms with Crippen LogP contribution in [-0.2, 0) is 15.1 Å². The summed E-state index contributed by atoms with van der Waals surface area (Å²) in [6.07, 6.45) is 3.18. The van der Waals surface area contributed by atoms with Crippen molar-refractivity contribution < 1.29 is 19.4 Å². The van der Waals surface area contributed by atoms with Crippen molar-refractivity contribution in [3.63, 3.8) is 0 Å². The Morgan fingerprint density at radius 3 is 2.68 bits per heavy atom. The molecule has 0 aromatic heterocycles. The lowest BCUT2D eigenvalue weighted by Gasteiger charge is -2.24. The SMILES string of the molecule is COC(=O)/C=C/CC(C)(O)c1ccc(C)cc1OC. The number of aliphatic hydroxyl groups is 1. The van der Waals surface area contributed by atoms with Gasteiger partial charge in [0.05, 0.1) is 19.8 Å². The minimum atomic E-state index is -1.11. The Morgan fingerprint density at radius 1 is 1.42 bits per heavy atom. The van der Waals surface area contributed by atoms with Crippen LogP contribution in [0.3, 0.4) is 0 Å². The van der Waals surface area contributed by atoms with Crippen molar-refractivity contribution in [1.82, 2.24) is 0 Å². The van der Waals surface area contributed by atoms with Crippen molar-refractivity contribution in [3.8, 4) is 5.75 Å². The predicted molar refractivity (Wildman–Crippen MR) is 73.1 cm³/mol. The van der Waals surface area contributed by atoms with Gasteiger partial charge in [-0.25, -0.2) is 4.79 Å². The van der Waals surface area contributed by atoms with Gasteiger partial charge in [-0.15, -0.1) is 0 Å². The maximum atomic E-state index is 11.0. The molecule has 19 heavy (non-hydrogen) atoms. The molecule has 0 saturated heterocycles. The zero-order valence-corrected chi connectivity index (χ0v) is 11.8. The number of esters is 1. The Kier molecular flexibility index (Phi) is 5.12. The molecule has 0 aliphatic heterocycles. The molecule has 1 unspecified atom stereocenters. The molecule has 0 aliphatic rings. The van der Waals surface area contributed by atoms with Gasteiger partial charge in [0.1, 0.15) is 5.75 Å². The number of hydrogen-bond donors (Lipinski definition) is 1. The molecule has 0 fully saturated rings. The van der Waals surface area contributed by atoms with Crippen LogP contribution in [0.1, 0.15) is 24.5 Å². The third-order valence-electron chi connectivity index (χ3n) is 2.91.